The molecule has 0 aliphatic carbocycles. The summed E-state index contributed by atoms with van der Waals surface area (Å²) < 4.78 is 32.9. The zero-order valence-electron chi connectivity index (χ0n) is 17.3. The van der Waals surface area contributed by atoms with E-state index in [2.05, 4.69) is 15.4 Å². The first-order valence-electron chi connectivity index (χ1n) is 9.53. The fourth-order valence-electron chi connectivity index (χ4n) is 2.72. The van der Waals surface area contributed by atoms with Crippen molar-refractivity contribution in [2.45, 2.75) is 31.6 Å². The molecule has 0 heterocycles. The van der Waals surface area contributed by atoms with Crippen molar-refractivity contribution in [2.75, 3.05) is 30.3 Å². The van der Waals surface area contributed by atoms with Gasteiger partial charge in [0.25, 0.3) is 10.0 Å². The molecule has 0 saturated carbocycles. The van der Waals surface area contributed by atoms with Gasteiger partial charge in [-0.25, -0.2) is 8.42 Å². The molecule has 2 amide bonds. The van der Waals surface area contributed by atoms with Crippen molar-refractivity contribution < 1.29 is 22.7 Å². The molecule has 0 aromatic heterocycles. The smallest absolute Gasteiger partial charge is 0.262 e. The number of carbonyl (C=O) groups is 2. The van der Waals surface area contributed by atoms with Gasteiger partial charge in [0.15, 0.2) is 0 Å². The normalized spacial score (nSPS) is 11.0. The molecule has 0 aliphatic rings. The number of carbonyl (C=O) groups excluding carboxylic acids is 2. The predicted octanol–water partition coefficient (Wildman–Crippen LogP) is 2.45. The summed E-state index contributed by atoms with van der Waals surface area (Å²) in [5.41, 5.74) is 2.22. The van der Waals surface area contributed by atoms with Gasteiger partial charge in [-0.1, -0.05) is 19.1 Å². The summed E-state index contributed by atoms with van der Waals surface area (Å²) in [6, 6.07) is 11.3. The number of benzene rings is 2. The average Bonchev–Trinajstić information content (AvgIpc) is 2.69. The SMILES string of the molecule is CCC(=O)Nc1ccc(S(=O)(=O)Nc2ccc(CC(=O)NCCOC)cc2)c(C)c1. The van der Waals surface area contributed by atoms with E-state index in [1.807, 2.05) is 0 Å². The number of methoxy groups -OCH3 is 1. The largest absolute Gasteiger partial charge is 0.383 e. The lowest BCUT2D eigenvalue weighted by Gasteiger charge is -2.12. The topological polar surface area (TPSA) is 114 Å². The van der Waals surface area contributed by atoms with Gasteiger partial charge in [0.1, 0.15) is 0 Å². The quantitative estimate of drug-likeness (QED) is 0.498. The van der Waals surface area contributed by atoms with Crippen LogP contribution < -0.4 is 15.4 Å². The van der Waals surface area contributed by atoms with Gasteiger partial charge in [-0.3, -0.25) is 14.3 Å². The molecule has 0 fully saturated rings. The van der Waals surface area contributed by atoms with Gasteiger partial charge >= 0.3 is 0 Å². The van der Waals surface area contributed by atoms with Crippen LogP contribution >= 0.6 is 0 Å². The van der Waals surface area contributed by atoms with E-state index in [0.29, 0.717) is 36.5 Å². The summed E-state index contributed by atoms with van der Waals surface area (Å²) >= 11 is 0. The summed E-state index contributed by atoms with van der Waals surface area (Å²) in [6.45, 7) is 4.29. The summed E-state index contributed by atoms with van der Waals surface area (Å²) in [7, 11) is -2.24. The van der Waals surface area contributed by atoms with Gasteiger partial charge in [-0.15, -0.1) is 0 Å². The maximum Gasteiger partial charge on any atom is 0.262 e. The zero-order valence-corrected chi connectivity index (χ0v) is 18.1. The first kappa shape index (κ1) is 23.4. The molecule has 162 valence electrons. The molecule has 2 aromatic carbocycles. The van der Waals surface area contributed by atoms with Crippen molar-refractivity contribution in [1.82, 2.24) is 5.32 Å². The minimum atomic E-state index is -3.80. The van der Waals surface area contributed by atoms with E-state index in [4.69, 9.17) is 4.74 Å². The first-order chi connectivity index (χ1) is 14.2. The van der Waals surface area contributed by atoms with Crippen molar-refractivity contribution in [3.05, 3.63) is 53.6 Å². The highest BCUT2D eigenvalue weighted by atomic mass is 32.2. The molecule has 0 spiro atoms. The lowest BCUT2D eigenvalue weighted by atomic mass is 10.1. The Kier molecular flexibility index (Phi) is 8.37. The molecule has 9 heteroatoms. The number of sulfonamides is 1. The molecule has 3 N–H and O–H groups in total. The van der Waals surface area contributed by atoms with E-state index < -0.39 is 10.0 Å². The van der Waals surface area contributed by atoms with E-state index in [1.165, 1.54) is 6.07 Å². The van der Waals surface area contributed by atoms with E-state index in [9.17, 15) is 18.0 Å². The maximum absolute atomic E-state index is 12.7. The summed E-state index contributed by atoms with van der Waals surface area (Å²) in [5.74, 6) is -0.276. The molecule has 0 aliphatic heterocycles. The number of rotatable bonds is 10. The summed E-state index contributed by atoms with van der Waals surface area (Å²) in [5, 5.41) is 5.44. The average molecular weight is 434 g/mol. The molecular formula is C21H27N3O5S. The summed E-state index contributed by atoms with van der Waals surface area (Å²) in [4.78, 5) is 23.5. The number of hydrogen-bond acceptors (Lipinski definition) is 5. The Morgan fingerprint density at radius 3 is 2.27 bits per heavy atom. The number of hydrogen-bond donors (Lipinski definition) is 3. The van der Waals surface area contributed by atoms with Crippen molar-refractivity contribution in [2.24, 2.45) is 0 Å². The Hall–Kier alpha value is -2.91. The monoisotopic (exact) mass is 433 g/mol. The molecule has 2 aromatic rings. The molecule has 0 saturated heterocycles. The Morgan fingerprint density at radius 2 is 1.67 bits per heavy atom. The van der Waals surface area contributed by atoms with Gasteiger partial charge in [-0.2, -0.15) is 0 Å². The lowest BCUT2D eigenvalue weighted by Crippen LogP contribution is -2.28. The van der Waals surface area contributed by atoms with Crippen LogP contribution in [0.5, 0.6) is 0 Å². The molecular weight excluding hydrogens is 406 g/mol. The number of ether oxygens (including phenoxy) is 1. The third-order valence-corrected chi connectivity index (χ3v) is 5.81. The molecule has 0 atom stereocenters. The fraction of sp³-hybridized carbons (Fsp3) is 0.333. The van der Waals surface area contributed by atoms with Crippen molar-refractivity contribution in [3.8, 4) is 0 Å². The van der Waals surface area contributed by atoms with Crippen LogP contribution in [-0.2, 0) is 30.8 Å². The van der Waals surface area contributed by atoms with E-state index in [1.54, 1.807) is 57.4 Å². The lowest BCUT2D eigenvalue weighted by molar-refractivity contribution is -0.120. The minimum absolute atomic E-state index is 0.124. The molecule has 0 unspecified atom stereocenters. The summed E-state index contributed by atoms with van der Waals surface area (Å²) in [6.07, 6.45) is 0.534. The van der Waals surface area contributed by atoms with Gasteiger partial charge in [-0.05, 0) is 48.4 Å². The molecule has 2 rings (SSSR count). The standard InChI is InChI=1S/C21H27N3O5S/c1-4-20(25)23-18-9-10-19(15(2)13-18)30(27,28)24-17-7-5-16(6-8-17)14-21(26)22-11-12-29-3/h5-10,13,24H,4,11-12,14H2,1-3H3,(H,22,26)(H,23,25). The van der Waals surface area contributed by atoms with Gasteiger partial charge < -0.3 is 15.4 Å². The Bertz CT molecular complexity index is 988. The number of anilines is 2. The van der Waals surface area contributed by atoms with Crippen molar-refractivity contribution in [1.29, 1.82) is 0 Å². The highest BCUT2D eigenvalue weighted by molar-refractivity contribution is 7.92. The van der Waals surface area contributed by atoms with Crippen LogP contribution in [0.3, 0.4) is 0 Å². The van der Waals surface area contributed by atoms with E-state index in [0.717, 1.165) is 5.56 Å². The molecule has 0 radical (unpaired) electrons. The minimum Gasteiger partial charge on any atom is -0.383 e. The van der Waals surface area contributed by atoms with Gasteiger partial charge in [0.05, 0.1) is 17.9 Å². The Balaban J connectivity index is 2.04. The number of nitrogens with one attached hydrogen (secondary N) is 3. The third-order valence-electron chi connectivity index (χ3n) is 4.27. The number of amides is 2. The Labute approximate surface area is 177 Å². The molecule has 0 bridgehead atoms. The fourth-order valence-corrected chi connectivity index (χ4v) is 4.01. The van der Waals surface area contributed by atoms with Crippen molar-refractivity contribution >= 4 is 33.2 Å². The number of aryl methyl sites for hydroxylation is 1. The Morgan fingerprint density at radius 1 is 1.00 bits per heavy atom. The second-order valence-electron chi connectivity index (χ2n) is 6.70. The molecule has 8 nitrogen and oxygen atoms in total. The maximum atomic E-state index is 12.7. The van der Waals surface area contributed by atoms with Crippen LogP contribution in [0.25, 0.3) is 0 Å². The van der Waals surface area contributed by atoms with Crippen LogP contribution in [0.1, 0.15) is 24.5 Å². The van der Waals surface area contributed by atoms with Crippen LogP contribution in [0.2, 0.25) is 0 Å². The second-order valence-corrected chi connectivity index (χ2v) is 8.35. The van der Waals surface area contributed by atoms with Gasteiger partial charge in [0, 0.05) is 31.5 Å². The first-order valence-corrected chi connectivity index (χ1v) is 11.0. The van der Waals surface area contributed by atoms with Crippen LogP contribution in [0.15, 0.2) is 47.4 Å². The van der Waals surface area contributed by atoms with E-state index >= 15 is 0 Å². The van der Waals surface area contributed by atoms with E-state index in [-0.39, 0.29) is 23.1 Å². The highest BCUT2D eigenvalue weighted by Gasteiger charge is 2.17. The van der Waals surface area contributed by atoms with Crippen LogP contribution in [-0.4, -0.2) is 40.5 Å². The second kappa shape index (κ2) is 10.7. The molecule has 30 heavy (non-hydrogen) atoms. The zero-order chi connectivity index (χ0) is 22.1. The highest BCUT2D eigenvalue weighted by Crippen LogP contribution is 2.23. The predicted molar refractivity (Wildman–Crippen MR) is 116 cm³/mol. The van der Waals surface area contributed by atoms with Gasteiger partial charge in [0.2, 0.25) is 11.8 Å². The van der Waals surface area contributed by atoms with Crippen molar-refractivity contribution in [3.63, 3.8) is 0 Å². The van der Waals surface area contributed by atoms with Crippen LogP contribution in [0.4, 0.5) is 11.4 Å². The third kappa shape index (κ3) is 6.85. The van der Waals surface area contributed by atoms with Crippen LogP contribution in [0, 0.1) is 6.92 Å².